The van der Waals surface area contributed by atoms with Crippen LogP contribution in [0.4, 0.5) is 18.9 Å². The molecule has 9 heteroatoms. The molecule has 0 radical (unpaired) electrons. The Hall–Kier alpha value is -2.84. The highest BCUT2D eigenvalue weighted by Gasteiger charge is 2.36. The summed E-state index contributed by atoms with van der Waals surface area (Å²) < 4.78 is 44.1. The predicted molar refractivity (Wildman–Crippen MR) is 102 cm³/mol. The first-order valence-electron chi connectivity index (χ1n) is 9.99. The maximum Gasteiger partial charge on any atom is 0.433 e. The zero-order valence-electron chi connectivity index (χ0n) is 16.5. The third-order valence-corrected chi connectivity index (χ3v) is 6.20. The lowest BCUT2D eigenvalue weighted by Gasteiger charge is -2.41. The van der Waals surface area contributed by atoms with Crippen molar-refractivity contribution in [2.45, 2.75) is 39.0 Å². The van der Waals surface area contributed by atoms with Gasteiger partial charge in [0.1, 0.15) is 5.69 Å². The normalized spacial score (nSPS) is 18.1. The quantitative estimate of drug-likeness (QED) is 0.767. The van der Waals surface area contributed by atoms with Gasteiger partial charge in [-0.25, -0.2) is 4.98 Å². The predicted octanol–water partition coefficient (Wildman–Crippen LogP) is 3.11. The molecule has 0 aliphatic carbocycles. The summed E-state index contributed by atoms with van der Waals surface area (Å²) in [5, 5.41) is 0. The molecule has 0 unspecified atom stereocenters. The number of amides is 1. The van der Waals surface area contributed by atoms with Crippen LogP contribution in [0.25, 0.3) is 0 Å². The first kappa shape index (κ1) is 19.1. The van der Waals surface area contributed by atoms with Gasteiger partial charge < -0.3 is 14.5 Å². The summed E-state index contributed by atoms with van der Waals surface area (Å²) in [6, 6.07) is 2.63. The average Bonchev–Trinajstić information content (AvgIpc) is 3.31. The van der Waals surface area contributed by atoms with Crippen LogP contribution < -0.4 is 9.64 Å². The first-order chi connectivity index (χ1) is 14.3. The lowest BCUT2D eigenvalue weighted by atomic mass is 9.95. The summed E-state index contributed by atoms with van der Waals surface area (Å²) in [6.07, 6.45) is -2.04. The number of carbonyl (C=O) groups excluding carboxylic acids is 1. The Kier molecular flexibility index (Phi) is 4.37. The molecular weight excluding hydrogens is 397 g/mol. The van der Waals surface area contributed by atoms with E-state index in [9.17, 15) is 18.0 Å². The Labute approximate surface area is 171 Å². The van der Waals surface area contributed by atoms with Crippen LogP contribution in [0.3, 0.4) is 0 Å². The van der Waals surface area contributed by atoms with E-state index < -0.39 is 11.9 Å². The summed E-state index contributed by atoms with van der Waals surface area (Å²) in [4.78, 5) is 24.5. The third kappa shape index (κ3) is 3.26. The lowest BCUT2D eigenvalue weighted by Crippen LogP contribution is -2.48. The van der Waals surface area contributed by atoms with E-state index in [1.54, 1.807) is 6.07 Å². The van der Waals surface area contributed by atoms with Crippen LogP contribution >= 0.6 is 0 Å². The molecule has 1 amide bonds. The molecule has 158 valence electrons. The van der Waals surface area contributed by atoms with Crippen molar-refractivity contribution < 1.29 is 22.7 Å². The van der Waals surface area contributed by atoms with Crippen molar-refractivity contribution >= 4 is 11.6 Å². The van der Waals surface area contributed by atoms with E-state index in [-0.39, 0.29) is 11.8 Å². The van der Waals surface area contributed by atoms with Gasteiger partial charge in [0.2, 0.25) is 11.8 Å². The summed E-state index contributed by atoms with van der Waals surface area (Å²) >= 11 is 0. The number of hydrogen-bond donors (Lipinski definition) is 0. The molecule has 5 rings (SSSR count). The number of hydrogen-bond acceptors (Lipinski definition) is 5. The lowest BCUT2D eigenvalue weighted by molar-refractivity contribution is -0.141. The molecule has 2 aromatic rings. The van der Waals surface area contributed by atoms with Crippen LogP contribution in [-0.2, 0) is 30.5 Å². The number of rotatable bonds is 3. The summed E-state index contributed by atoms with van der Waals surface area (Å²) in [6.45, 7) is 4.91. The van der Waals surface area contributed by atoms with Gasteiger partial charge in [0.15, 0.2) is 0 Å². The molecule has 1 saturated heterocycles. The number of anilines is 1. The molecule has 30 heavy (non-hydrogen) atoms. The van der Waals surface area contributed by atoms with E-state index in [4.69, 9.17) is 4.74 Å². The minimum atomic E-state index is -4.46. The van der Waals surface area contributed by atoms with Crippen molar-refractivity contribution in [2.24, 2.45) is 5.92 Å². The number of fused-ring (bicyclic) bond motifs is 2. The monoisotopic (exact) mass is 418 g/mol. The Morgan fingerprint density at radius 2 is 2.07 bits per heavy atom. The van der Waals surface area contributed by atoms with E-state index in [2.05, 4.69) is 16.9 Å². The molecule has 0 saturated carbocycles. The summed E-state index contributed by atoms with van der Waals surface area (Å²) in [7, 11) is 0. The molecule has 3 aliphatic rings. The van der Waals surface area contributed by atoms with E-state index in [0.29, 0.717) is 50.8 Å². The Bertz CT molecular complexity index is 1020. The van der Waals surface area contributed by atoms with Crippen molar-refractivity contribution in [3.05, 3.63) is 46.4 Å². The largest absolute Gasteiger partial charge is 0.477 e. The van der Waals surface area contributed by atoms with Crippen LogP contribution in [0.1, 0.15) is 34.5 Å². The number of carbonyl (C=O) groups is 1. The van der Waals surface area contributed by atoms with Gasteiger partial charge in [-0.1, -0.05) is 0 Å². The standard InChI is InChI=1S/C21H21F3N4O2/c1-12-15-3-5-30-20(15)26-17-11-28(10-16(12)17)19(29)6-13-8-27(9-13)14-2-4-25-18(7-14)21(22,23)24/h2,4,7,13H,3,5-6,8-11H2,1H3. The van der Waals surface area contributed by atoms with Crippen LogP contribution in [0.15, 0.2) is 18.3 Å². The third-order valence-electron chi connectivity index (χ3n) is 6.20. The van der Waals surface area contributed by atoms with E-state index in [1.165, 1.54) is 11.8 Å². The second-order valence-corrected chi connectivity index (χ2v) is 8.17. The van der Waals surface area contributed by atoms with Crippen molar-refractivity contribution in [3.63, 3.8) is 0 Å². The van der Waals surface area contributed by atoms with Crippen molar-refractivity contribution in [1.82, 2.24) is 14.9 Å². The molecule has 0 spiro atoms. The zero-order valence-corrected chi connectivity index (χ0v) is 16.5. The number of alkyl halides is 3. The fourth-order valence-corrected chi connectivity index (χ4v) is 4.48. The molecule has 0 bridgehead atoms. The number of pyridine rings is 2. The first-order valence-corrected chi connectivity index (χ1v) is 9.99. The summed E-state index contributed by atoms with van der Waals surface area (Å²) in [5.41, 5.74) is 3.95. The Balaban J connectivity index is 1.19. The maximum atomic E-state index is 12.8. The topological polar surface area (TPSA) is 58.6 Å². The van der Waals surface area contributed by atoms with Gasteiger partial charge in [0.25, 0.3) is 0 Å². The van der Waals surface area contributed by atoms with Crippen LogP contribution in [-0.4, -0.2) is 40.5 Å². The van der Waals surface area contributed by atoms with Crippen molar-refractivity contribution in [2.75, 3.05) is 24.6 Å². The maximum absolute atomic E-state index is 12.8. The smallest absolute Gasteiger partial charge is 0.433 e. The van der Waals surface area contributed by atoms with Gasteiger partial charge in [0.05, 0.1) is 18.8 Å². The molecular formula is C21H21F3N4O2. The van der Waals surface area contributed by atoms with E-state index in [0.717, 1.165) is 29.3 Å². The second kappa shape index (κ2) is 6.85. The highest BCUT2D eigenvalue weighted by Crippen LogP contribution is 2.36. The number of nitrogens with zero attached hydrogens (tertiary/aromatic N) is 4. The van der Waals surface area contributed by atoms with Gasteiger partial charge in [-0.05, 0) is 30.2 Å². The fourth-order valence-electron chi connectivity index (χ4n) is 4.48. The molecule has 0 atom stereocenters. The van der Waals surface area contributed by atoms with Crippen molar-refractivity contribution in [3.8, 4) is 5.88 Å². The fraction of sp³-hybridized carbons (Fsp3) is 0.476. The van der Waals surface area contributed by atoms with Crippen LogP contribution in [0, 0.1) is 12.8 Å². The van der Waals surface area contributed by atoms with Gasteiger partial charge >= 0.3 is 6.18 Å². The minimum Gasteiger partial charge on any atom is -0.477 e. The minimum absolute atomic E-state index is 0.0591. The van der Waals surface area contributed by atoms with Crippen molar-refractivity contribution in [1.29, 1.82) is 0 Å². The molecule has 6 nitrogen and oxygen atoms in total. The highest BCUT2D eigenvalue weighted by molar-refractivity contribution is 5.78. The van der Waals surface area contributed by atoms with E-state index >= 15 is 0 Å². The Morgan fingerprint density at radius 1 is 1.27 bits per heavy atom. The van der Waals surface area contributed by atoms with Gasteiger partial charge in [-0.2, -0.15) is 13.2 Å². The number of aromatic nitrogens is 2. The number of ether oxygens (including phenoxy) is 1. The van der Waals surface area contributed by atoms with Crippen LogP contribution in [0.5, 0.6) is 5.88 Å². The molecule has 0 aromatic carbocycles. The summed E-state index contributed by atoms with van der Waals surface area (Å²) in [5.74, 6) is 0.890. The molecule has 3 aliphatic heterocycles. The average molecular weight is 418 g/mol. The SMILES string of the molecule is Cc1c2c(nc3c1CCO3)CN(C(=O)CC1CN(c3ccnc(C(F)(F)F)c3)C1)C2. The molecule has 5 heterocycles. The van der Waals surface area contributed by atoms with Gasteiger partial charge in [-0.3, -0.25) is 9.78 Å². The number of halogens is 3. The second-order valence-electron chi connectivity index (χ2n) is 8.17. The van der Waals surface area contributed by atoms with E-state index in [1.807, 2.05) is 9.80 Å². The highest BCUT2D eigenvalue weighted by atomic mass is 19.4. The molecule has 0 N–H and O–H groups in total. The van der Waals surface area contributed by atoms with Gasteiger partial charge in [-0.15, -0.1) is 0 Å². The molecule has 2 aromatic heterocycles. The van der Waals surface area contributed by atoms with Gasteiger partial charge in [0, 0.05) is 55.8 Å². The Morgan fingerprint density at radius 3 is 2.83 bits per heavy atom. The zero-order chi connectivity index (χ0) is 21.0. The molecule has 1 fully saturated rings. The van der Waals surface area contributed by atoms with Crippen LogP contribution in [0.2, 0.25) is 0 Å².